The van der Waals surface area contributed by atoms with Gasteiger partial charge in [0.2, 0.25) is 5.91 Å². The van der Waals surface area contributed by atoms with Crippen LogP contribution in [0, 0.1) is 0 Å². The van der Waals surface area contributed by atoms with E-state index < -0.39 is 0 Å². The zero-order chi connectivity index (χ0) is 12.8. The van der Waals surface area contributed by atoms with Gasteiger partial charge in [-0.25, -0.2) is 0 Å². The van der Waals surface area contributed by atoms with Crippen LogP contribution in [0.15, 0.2) is 24.3 Å². The van der Waals surface area contributed by atoms with Crippen molar-refractivity contribution in [3.05, 3.63) is 24.3 Å². The topological polar surface area (TPSA) is 67.6 Å². The summed E-state index contributed by atoms with van der Waals surface area (Å²) in [5, 5.41) is 3.21. The molecule has 0 radical (unpaired) electrons. The summed E-state index contributed by atoms with van der Waals surface area (Å²) in [6.07, 6.45) is 0.504. The SMILES string of the molecule is Nc1ccc(NCCC(=O)N2CCOCC2)cc1. The van der Waals surface area contributed by atoms with Gasteiger partial charge in [0, 0.05) is 37.4 Å². The molecule has 1 saturated heterocycles. The Kier molecular flexibility index (Phi) is 4.41. The molecule has 2 rings (SSSR count). The molecule has 1 aromatic rings. The molecule has 1 aromatic carbocycles. The maximum absolute atomic E-state index is 11.9. The van der Waals surface area contributed by atoms with Crippen molar-refractivity contribution in [3.8, 4) is 0 Å². The minimum atomic E-state index is 0.182. The minimum absolute atomic E-state index is 0.182. The Hall–Kier alpha value is -1.75. The maximum Gasteiger partial charge on any atom is 0.224 e. The van der Waals surface area contributed by atoms with Gasteiger partial charge in [-0.05, 0) is 24.3 Å². The highest BCUT2D eigenvalue weighted by atomic mass is 16.5. The molecule has 98 valence electrons. The molecule has 0 aromatic heterocycles. The number of nitrogens with one attached hydrogen (secondary N) is 1. The third kappa shape index (κ3) is 3.63. The number of rotatable bonds is 4. The summed E-state index contributed by atoms with van der Waals surface area (Å²) in [5.41, 5.74) is 7.33. The number of nitrogens with zero attached hydrogens (tertiary/aromatic N) is 1. The molecular weight excluding hydrogens is 230 g/mol. The van der Waals surface area contributed by atoms with Crippen LogP contribution in [0.2, 0.25) is 0 Å². The quantitative estimate of drug-likeness (QED) is 0.779. The third-order valence-electron chi connectivity index (χ3n) is 2.94. The van der Waals surface area contributed by atoms with Crippen molar-refractivity contribution in [2.24, 2.45) is 0 Å². The van der Waals surface area contributed by atoms with Gasteiger partial charge in [0.05, 0.1) is 13.2 Å². The van der Waals surface area contributed by atoms with Gasteiger partial charge in [-0.1, -0.05) is 0 Å². The van der Waals surface area contributed by atoms with Gasteiger partial charge in [-0.15, -0.1) is 0 Å². The molecule has 0 aliphatic carbocycles. The monoisotopic (exact) mass is 249 g/mol. The van der Waals surface area contributed by atoms with Crippen LogP contribution >= 0.6 is 0 Å². The van der Waals surface area contributed by atoms with Gasteiger partial charge < -0.3 is 20.7 Å². The van der Waals surface area contributed by atoms with E-state index in [1.54, 1.807) is 0 Å². The predicted octanol–water partition coefficient (Wildman–Crippen LogP) is 0.930. The summed E-state index contributed by atoms with van der Waals surface area (Å²) >= 11 is 0. The Bertz CT molecular complexity index is 386. The highest BCUT2D eigenvalue weighted by molar-refractivity contribution is 5.76. The largest absolute Gasteiger partial charge is 0.399 e. The molecule has 0 saturated carbocycles. The highest BCUT2D eigenvalue weighted by Crippen LogP contribution is 2.10. The lowest BCUT2D eigenvalue weighted by atomic mass is 10.2. The van der Waals surface area contributed by atoms with Gasteiger partial charge in [0.1, 0.15) is 0 Å². The first-order valence-corrected chi connectivity index (χ1v) is 6.20. The van der Waals surface area contributed by atoms with Gasteiger partial charge in [-0.2, -0.15) is 0 Å². The third-order valence-corrected chi connectivity index (χ3v) is 2.94. The van der Waals surface area contributed by atoms with Gasteiger partial charge in [0.15, 0.2) is 0 Å². The lowest BCUT2D eigenvalue weighted by molar-refractivity contribution is -0.134. The summed E-state index contributed by atoms with van der Waals surface area (Å²) in [7, 11) is 0. The molecule has 18 heavy (non-hydrogen) atoms. The van der Waals surface area contributed by atoms with Crippen molar-refractivity contribution in [2.45, 2.75) is 6.42 Å². The number of ether oxygens (including phenoxy) is 1. The Balaban J connectivity index is 1.71. The van der Waals surface area contributed by atoms with E-state index in [9.17, 15) is 4.79 Å². The predicted molar refractivity (Wildman–Crippen MR) is 71.4 cm³/mol. The van der Waals surface area contributed by atoms with E-state index in [0.717, 1.165) is 11.4 Å². The van der Waals surface area contributed by atoms with Crippen LogP contribution in [-0.4, -0.2) is 43.7 Å². The molecule has 5 heteroatoms. The van der Waals surface area contributed by atoms with Crippen molar-refractivity contribution in [1.82, 2.24) is 4.90 Å². The first-order valence-electron chi connectivity index (χ1n) is 6.20. The van der Waals surface area contributed by atoms with E-state index in [0.29, 0.717) is 39.3 Å². The van der Waals surface area contributed by atoms with Gasteiger partial charge >= 0.3 is 0 Å². The van der Waals surface area contributed by atoms with Crippen LogP contribution in [-0.2, 0) is 9.53 Å². The van der Waals surface area contributed by atoms with E-state index in [2.05, 4.69) is 5.32 Å². The van der Waals surface area contributed by atoms with E-state index in [1.165, 1.54) is 0 Å². The van der Waals surface area contributed by atoms with E-state index in [4.69, 9.17) is 10.5 Å². The van der Waals surface area contributed by atoms with Crippen LogP contribution in [0.4, 0.5) is 11.4 Å². The van der Waals surface area contributed by atoms with Crippen LogP contribution in [0.1, 0.15) is 6.42 Å². The fourth-order valence-electron chi connectivity index (χ4n) is 1.89. The van der Waals surface area contributed by atoms with E-state index >= 15 is 0 Å². The average Bonchev–Trinajstić information content (AvgIpc) is 2.42. The Morgan fingerprint density at radius 2 is 1.94 bits per heavy atom. The zero-order valence-corrected chi connectivity index (χ0v) is 10.4. The second kappa shape index (κ2) is 6.26. The van der Waals surface area contributed by atoms with Crippen molar-refractivity contribution in [3.63, 3.8) is 0 Å². The average molecular weight is 249 g/mol. The van der Waals surface area contributed by atoms with Crippen LogP contribution in [0.25, 0.3) is 0 Å². The number of carbonyl (C=O) groups excluding carboxylic acids is 1. The number of amides is 1. The molecule has 3 N–H and O–H groups in total. The van der Waals surface area contributed by atoms with E-state index in [1.807, 2.05) is 29.2 Å². The fraction of sp³-hybridized carbons (Fsp3) is 0.462. The normalized spacial score (nSPS) is 15.4. The minimum Gasteiger partial charge on any atom is -0.399 e. The first kappa shape index (κ1) is 12.7. The van der Waals surface area contributed by atoms with E-state index in [-0.39, 0.29) is 5.91 Å². The number of carbonyl (C=O) groups is 1. The molecule has 1 heterocycles. The molecule has 1 aliphatic rings. The maximum atomic E-state index is 11.9. The number of morpholine rings is 1. The van der Waals surface area contributed by atoms with Crippen LogP contribution < -0.4 is 11.1 Å². The second-order valence-electron chi connectivity index (χ2n) is 4.29. The number of anilines is 2. The lowest BCUT2D eigenvalue weighted by Crippen LogP contribution is -2.41. The summed E-state index contributed by atoms with van der Waals surface area (Å²) in [6.45, 7) is 3.36. The molecule has 1 aliphatic heterocycles. The van der Waals surface area contributed by atoms with Crippen molar-refractivity contribution >= 4 is 17.3 Å². The molecule has 0 unspecified atom stereocenters. The van der Waals surface area contributed by atoms with Crippen molar-refractivity contribution < 1.29 is 9.53 Å². The molecular formula is C13H19N3O2. The molecule has 0 atom stereocenters. The number of hydrogen-bond donors (Lipinski definition) is 2. The molecule has 5 nitrogen and oxygen atoms in total. The second-order valence-corrected chi connectivity index (χ2v) is 4.29. The summed E-state index contributed by atoms with van der Waals surface area (Å²) in [5.74, 6) is 0.182. The Morgan fingerprint density at radius 3 is 2.61 bits per heavy atom. The number of benzene rings is 1. The van der Waals surface area contributed by atoms with Gasteiger partial charge in [0.25, 0.3) is 0 Å². The lowest BCUT2D eigenvalue weighted by Gasteiger charge is -2.26. The van der Waals surface area contributed by atoms with Crippen molar-refractivity contribution in [1.29, 1.82) is 0 Å². The smallest absolute Gasteiger partial charge is 0.224 e. The number of nitrogens with two attached hydrogens (primary N) is 1. The van der Waals surface area contributed by atoms with Crippen molar-refractivity contribution in [2.75, 3.05) is 43.9 Å². The Labute approximate surface area is 107 Å². The number of hydrogen-bond acceptors (Lipinski definition) is 4. The molecule has 1 fully saturated rings. The highest BCUT2D eigenvalue weighted by Gasteiger charge is 2.15. The first-order chi connectivity index (χ1) is 8.75. The fourth-order valence-corrected chi connectivity index (χ4v) is 1.89. The van der Waals surface area contributed by atoms with Crippen LogP contribution in [0.3, 0.4) is 0 Å². The Morgan fingerprint density at radius 1 is 1.28 bits per heavy atom. The zero-order valence-electron chi connectivity index (χ0n) is 10.4. The summed E-state index contributed by atoms with van der Waals surface area (Å²) in [4.78, 5) is 13.7. The number of nitrogen functional groups attached to an aromatic ring is 1. The molecule has 0 bridgehead atoms. The van der Waals surface area contributed by atoms with Gasteiger partial charge in [-0.3, -0.25) is 4.79 Å². The molecule has 0 spiro atoms. The summed E-state index contributed by atoms with van der Waals surface area (Å²) < 4.78 is 5.21. The van der Waals surface area contributed by atoms with Crippen LogP contribution in [0.5, 0.6) is 0 Å². The summed E-state index contributed by atoms with van der Waals surface area (Å²) in [6, 6.07) is 7.50. The standard InChI is InChI=1S/C13H19N3O2/c14-11-1-3-12(4-2-11)15-6-5-13(17)16-7-9-18-10-8-16/h1-4,15H,5-10,14H2. The molecule has 1 amide bonds.